The summed E-state index contributed by atoms with van der Waals surface area (Å²) in [7, 11) is 0. The molecule has 158 valence electrons. The third-order valence-corrected chi connectivity index (χ3v) is 5.05. The molecule has 0 spiro atoms. The predicted molar refractivity (Wildman–Crippen MR) is 111 cm³/mol. The predicted octanol–water partition coefficient (Wildman–Crippen LogP) is 2.54. The molecule has 0 aromatic heterocycles. The van der Waals surface area contributed by atoms with Gasteiger partial charge in [0.15, 0.2) is 0 Å². The number of rotatable bonds is 11. The van der Waals surface area contributed by atoms with Crippen LogP contribution in [-0.2, 0) is 22.6 Å². The molecule has 2 aromatic carbocycles. The van der Waals surface area contributed by atoms with Crippen LogP contribution in [0.5, 0.6) is 0 Å². The second-order valence-corrected chi connectivity index (χ2v) is 7.47. The Hall–Kier alpha value is -1.83. The molecule has 1 atom stereocenters. The van der Waals surface area contributed by atoms with E-state index in [1.807, 2.05) is 30.3 Å². The van der Waals surface area contributed by atoms with Crippen molar-refractivity contribution in [3.05, 3.63) is 71.5 Å². The van der Waals surface area contributed by atoms with Crippen LogP contribution in [-0.4, -0.2) is 73.6 Å². The summed E-state index contributed by atoms with van der Waals surface area (Å²) < 4.78 is 24.3. The summed E-state index contributed by atoms with van der Waals surface area (Å²) in [4.78, 5) is 4.58. The van der Waals surface area contributed by atoms with Gasteiger partial charge in [-0.2, -0.15) is 0 Å². The number of aliphatic hydroxyl groups excluding tert-OH is 1. The Morgan fingerprint density at radius 3 is 2.48 bits per heavy atom. The first kappa shape index (κ1) is 21.9. The minimum absolute atomic E-state index is 0.233. The van der Waals surface area contributed by atoms with E-state index >= 15 is 0 Å². The van der Waals surface area contributed by atoms with Crippen molar-refractivity contribution < 1.29 is 19.0 Å². The van der Waals surface area contributed by atoms with E-state index in [9.17, 15) is 9.50 Å². The molecule has 0 saturated carbocycles. The lowest BCUT2D eigenvalue weighted by molar-refractivity contribution is 0.00211. The smallest absolute Gasteiger partial charge is 0.123 e. The van der Waals surface area contributed by atoms with Gasteiger partial charge in [-0.15, -0.1) is 0 Å². The molecule has 6 heteroatoms. The van der Waals surface area contributed by atoms with Crippen molar-refractivity contribution in [2.75, 3.05) is 52.5 Å². The summed E-state index contributed by atoms with van der Waals surface area (Å²) in [5.74, 6) is -0.233. The molecule has 2 aromatic rings. The molecule has 0 unspecified atom stereocenters. The molecule has 0 amide bonds. The highest BCUT2D eigenvalue weighted by Gasteiger charge is 2.16. The maximum Gasteiger partial charge on any atom is 0.123 e. The van der Waals surface area contributed by atoms with Crippen LogP contribution in [0.15, 0.2) is 54.6 Å². The quantitative estimate of drug-likeness (QED) is 0.626. The Bertz CT molecular complexity index is 693. The number of nitrogens with zero attached hydrogens (tertiary/aromatic N) is 2. The van der Waals surface area contributed by atoms with E-state index in [1.165, 1.54) is 12.1 Å². The molecular formula is C23H31FN2O3. The van der Waals surface area contributed by atoms with Crippen LogP contribution in [0.1, 0.15) is 11.1 Å². The van der Waals surface area contributed by atoms with Crippen LogP contribution >= 0.6 is 0 Å². The maximum absolute atomic E-state index is 13.2. The second-order valence-electron chi connectivity index (χ2n) is 7.47. The Labute approximate surface area is 172 Å². The van der Waals surface area contributed by atoms with Crippen molar-refractivity contribution in [1.29, 1.82) is 0 Å². The summed E-state index contributed by atoms with van der Waals surface area (Å²) in [5, 5.41) is 10.5. The SMILES string of the molecule is O[C@H](COCc1ccccc1)CN(CCN1CCOCC1)Cc1ccc(F)cc1. The molecule has 1 aliphatic rings. The number of halogens is 1. The summed E-state index contributed by atoms with van der Waals surface area (Å²) in [5.41, 5.74) is 2.13. The molecule has 5 nitrogen and oxygen atoms in total. The highest BCUT2D eigenvalue weighted by Crippen LogP contribution is 2.09. The van der Waals surface area contributed by atoms with Gasteiger partial charge in [-0.05, 0) is 23.3 Å². The van der Waals surface area contributed by atoms with E-state index < -0.39 is 6.10 Å². The van der Waals surface area contributed by atoms with Crippen LogP contribution in [0.4, 0.5) is 4.39 Å². The maximum atomic E-state index is 13.2. The molecule has 1 saturated heterocycles. The zero-order chi connectivity index (χ0) is 20.3. The van der Waals surface area contributed by atoms with Crippen molar-refractivity contribution in [3.63, 3.8) is 0 Å². The third kappa shape index (κ3) is 8.20. The fraction of sp³-hybridized carbons (Fsp3) is 0.478. The van der Waals surface area contributed by atoms with Crippen molar-refractivity contribution in [2.45, 2.75) is 19.3 Å². The van der Waals surface area contributed by atoms with Crippen LogP contribution in [0.2, 0.25) is 0 Å². The zero-order valence-corrected chi connectivity index (χ0v) is 16.9. The molecule has 0 radical (unpaired) electrons. The Kier molecular flexibility index (Phi) is 9.05. The lowest BCUT2D eigenvalue weighted by Gasteiger charge is -2.31. The largest absolute Gasteiger partial charge is 0.389 e. The minimum Gasteiger partial charge on any atom is -0.389 e. The van der Waals surface area contributed by atoms with E-state index in [-0.39, 0.29) is 12.4 Å². The Balaban J connectivity index is 1.49. The molecule has 1 fully saturated rings. The summed E-state index contributed by atoms with van der Waals surface area (Å²) >= 11 is 0. The molecular weight excluding hydrogens is 371 g/mol. The van der Waals surface area contributed by atoms with Gasteiger partial charge in [-0.25, -0.2) is 4.39 Å². The lowest BCUT2D eigenvalue weighted by Crippen LogP contribution is -2.43. The van der Waals surface area contributed by atoms with E-state index in [0.717, 1.165) is 50.5 Å². The number of hydrogen-bond donors (Lipinski definition) is 1. The van der Waals surface area contributed by atoms with Crippen LogP contribution < -0.4 is 0 Å². The molecule has 0 bridgehead atoms. The van der Waals surface area contributed by atoms with Gasteiger partial charge in [0.1, 0.15) is 5.82 Å². The van der Waals surface area contributed by atoms with Crippen molar-refractivity contribution in [3.8, 4) is 0 Å². The fourth-order valence-electron chi connectivity index (χ4n) is 3.43. The van der Waals surface area contributed by atoms with Gasteiger partial charge in [-0.1, -0.05) is 42.5 Å². The van der Waals surface area contributed by atoms with Crippen LogP contribution in [0, 0.1) is 5.82 Å². The van der Waals surface area contributed by atoms with Crippen LogP contribution in [0.3, 0.4) is 0 Å². The van der Waals surface area contributed by atoms with E-state index in [0.29, 0.717) is 19.7 Å². The molecule has 0 aliphatic carbocycles. The normalized spacial score (nSPS) is 16.2. The van der Waals surface area contributed by atoms with E-state index in [1.54, 1.807) is 12.1 Å². The summed E-state index contributed by atoms with van der Waals surface area (Å²) in [6, 6.07) is 16.5. The van der Waals surface area contributed by atoms with Gasteiger partial charge in [0.05, 0.1) is 32.5 Å². The average molecular weight is 403 g/mol. The number of benzene rings is 2. The number of ether oxygens (including phenoxy) is 2. The monoisotopic (exact) mass is 402 g/mol. The highest BCUT2D eigenvalue weighted by molar-refractivity contribution is 5.16. The number of hydrogen-bond acceptors (Lipinski definition) is 5. The van der Waals surface area contributed by atoms with Crippen molar-refractivity contribution >= 4 is 0 Å². The lowest BCUT2D eigenvalue weighted by atomic mass is 10.2. The van der Waals surface area contributed by atoms with Crippen molar-refractivity contribution in [2.24, 2.45) is 0 Å². The molecule has 1 N–H and O–H groups in total. The zero-order valence-electron chi connectivity index (χ0n) is 16.9. The van der Waals surface area contributed by atoms with Gasteiger partial charge in [0.25, 0.3) is 0 Å². The second kappa shape index (κ2) is 12.0. The first-order chi connectivity index (χ1) is 14.2. The molecule has 1 heterocycles. The summed E-state index contributed by atoms with van der Waals surface area (Å²) in [6.45, 7) is 7.12. The number of morpholine rings is 1. The average Bonchev–Trinajstić information content (AvgIpc) is 2.75. The number of aliphatic hydroxyl groups is 1. The van der Waals surface area contributed by atoms with Gasteiger partial charge in [-0.3, -0.25) is 9.80 Å². The van der Waals surface area contributed by atoms with E-state index in [2.05, 4.69) is 9.80 Å². The first-order valence-corrected chi connectivity index (χ1v) is 10.3. The minimum atomic E-state index is -0.580. The van der Waals surface area contributed by atoms with Gasteiger partial charge >= 0.3 is 0 Å². The Morgan fingerprint density at radius 1 is 1.03 bits per heavy atom. The molecule has 3 rings (SSSR count). The molecule has 1 aliphatic heterocycles. The molecule has 29 heavy (non-hydrogen) atoms. The van der Waals surface area contributed by atoms with Gasteiger partial charge in [0.2, 0.25) is 0 Å². The van der Waals surface area contributed by atoms with Crippen molar-refractivity contribution in [1.82, 2.24) is 9.80 Å². The first-order valence-electron chi connectivity index (χ1n) is 10.3. The fourth-order valence-corrected chi connectivity index (χ4v) is 3.43. The van der Waals surface area contributed by atoms with Gasteiger partial charge in [0, 0.05) is 39.3 Å². The standard InChI is InChI=1S/C23H31FN2O3/c24-22-8-6-20(7-9-22)16-26(11-10-25-12-14-28-15-13-25)17-23(27)19-29-18-21-4-2-1-3-5-21/h1-9,23,27H,10-19H2/t23-/m0/s1. The van der Waals surface area contributed by atoms with E-state index in [4.69, 9.17) is 9.47 Å². The van der Waals surface area contributed by atoms with Gasteiger partial charge < -0.3 is 14.6 Å². The Morgan fingerprint density at radius 2 is 1.76 bits per heavy atom. The summed E-state index contributed by atoms with van der Waals surface area (Å²) in [6.07, 6.45) is -0.580. The highest BCUT2D eigenvalue weighted by atomic mass is 19.1. The van der Waals surface area contributed by atoms with Crippen LogP contribution in [0.25, 0.3) is 0 Å². The topological polar surface area (TPSA) is 45.2 Å². The third-order valence-electron chi connectivity index (χ3n) is 5.05.